The molecule has 0 aromatic heterocycles. The van der Waals surface area contributed by atoms with Gasteiger partial charge in [0, 0.05) is 5.25 Å². The number of rotatable bonds is 2. The third kappa shape index (κ3) is 3.41. The zero-order valence-electron chi connectivity index (χ0n) is 10.4. The van der Waals surface area contributed by atoms with Gasteiger partial charge in [0.05, 0.1) is 12.0 Å². The second-order valence-electron chi connectivity index (χ2n) is 5.61. The van der Waals surface area contributed by atoms with Gasteiger partial charge >= 0.3 is 0 Å². The van der Waals surface area contributed by atoms with E-state index < -0.39 is 0 Å². The summed E-state index contributed by atoms with van der Waals surface area (Å²) in [6.07, 6.45) is 3.58. The lowest BCUT2D eigenvalue weighted by Crippen LogP contribution is -2.33. The van der Waals surface area contributed by atoms with Gasteiger partial charge in [-0.05, 0) is 36.3 Å². The molecule has 0 amide bonds. The Balaban J connectivity index is 2.62. The van der Waals surface area contributed by atoms with E-state index in [1.807, 2.05) is 11.8 Å². The van der Waals surface area contributed by atoms with Crippen molar-refractivity contribution in [2.75, 3.05) is 5.75 Å². The third-order valence-electron chi connectivity index (χ3n) is 3.56. The Morgan fingerprint density at radius 1 is 1.33 bits per heavy atom. The first-order valence-electron chi connectivity index (χ1n) is 6.00. The molecule has 15 heavy (non-hydrogen) atoms. The molecule has 1 fully saturated rings. The van der Waals surface area contributed by atoms with Crippen LogP contribution in [0, 0.1) is 28.6 Å². The highest BCUT2D eigenvalue weighted by molar-refractivity contribution is 7.99. The van der Waals surface area contributed by atoms with Crippen molar-refractivity contribution in [1.82, 2.24) is 0 Å². The number of nitrogens with zero attached hydrogens (tertiary/aromatic N) is 1. The molecule has 0 saturated heterocycles. The van der Waals surface area contributed by atoms with Crippen molar-refractivity contribution in [2.24, 2.45) is 17.3 Å². The first-order valence-corrected chi connectivity index (χ1v) is 7.05. The lowest BCUT2D eigenvalue weighted by molar-refractivity contribution is 0.169. The Kier molecular flexibility index (Phi) is 4.52. The maximum atomic E-state index is 9.11. The minimum Gasteiger partial charge on any atom is -0.198 e. The van der Waals surface area contributed by atoms with Gasteiger partial charge in [0.1, 0.15) is 0 Å². The van der Waals surface area contributed by atoms with Crippen molar-refractivity contribution in [3.05, 3.63) is 0 Å². The quantitative estimate of drug-likeness (QED) is 0.706. The van der Waals surface area contributed by atoms with Crippen LogP contribution in [0.1, 0.15) is 47.0 Å². The van der Waals surface area contributed by atoms with Crippen LogP contribution in [-0.2, 0) is 0 Å². The predicted molar refractivity (Wildman–Crippen MR) is 67.8 cm³/mol. The van der Waals surface area contributed by atoms with Gasteiger partial charge in [0.15, 0.2) is 0 Å². The second kappa shape index (κ2) is 5.25. The maximum absolute atomic E-state index is 9.11. The standard InChI is InChI=1S/C13H23NS/c1-5-15-12-8-11(13(2,3)4)7-6-10(12)9-14/h10-12H,5-8H2,1-4H3. The molecule has 1 aliphatic rings. The van der Waals surface area contributed by atoms with Gasteiger partial charge in [-0.3, -0.25) is 0 Å². The van der Waals surface area contributed by atoms with Crippen LogP contribution in [-0.4, -0.2) is 11.0 Å². The molecule has 0 aromatic rings. The summed E-state index contributed by atoms with van der Waals surface area (Å²) in [6, 6.07) is 2.49. The number of hydrogen-bond acceptors (Lipinski definition) is 2. The van der Waals surface area contributed by atoms with Crippen LogP contribution >= 0.6 is 11.8 Å². The molecule has 3 unspecified atom stereocenters. The summed E-state index contributed by atoms with van der Waals surface area (Å²) in [6.45, 7) is 9.19. The van der Waals surface area contributed by atoms with Crippen LogP contribution in [0.5, 0.6) is 0 Å². The fourth-order valence-electron chi connectivity index (χ4n) is 2.46. The Bertz CT molecular complexity index is 236. The van der Waals surface area contributed by atoms with Gasteiger partial charge < -0.3 is 0 Å². The molecule has 0 bridgehead atoms. The van der Waals surface area contributed by atoms with Crippen molar-refractivity contribution in [1.29, 1.82) is 5.26 Å². The normalized spacial score (nSPS) is 32.3. The molecule has 1 saturated carbocycles. The molecule has 1 rings (SSSR count). The van der Waals surface area contributed by atoms with Gasteiger partial charge in [-0.1, -0.05) is 27.7 Å². The van der Waals surface area contributed by atoms with Crippen LogP contribution in [0.4, 0.5) is 0 Å². The first-order chi connectivity index (χ1) is 6.99. The molecule has 1 nitrogen and oxygen atoms in total. The third-order valence-corrected chi connectivity index (χ3v) is 4.85. The summed E-state index contributed by atoms with van der Waals surface area (Å²) in [5, 5.41) is 9.70. The minimum atomic E-state index is 0.300. The summed E-state index contributed by atoms with van der Waals surface area (Å²) in [5.41, 5.74) is 0.410. The number of nitriles is 1. The van der Waals surface area contributed by atoms with E-state index in [4.69, 9.17) is 5.26 Å². The fraction of sp³-hybridized carbons (Fsp3) is 0.923. The van der Waals surface area contributed by atoms with Gasteiger partial charge in [-0.2, -0.15) is 17.0 Å². The van der Waals surface area contributed by atoms with Crippen molar-refractivity contribution in [3.63, 3.8) is 0 Å². The molecule has 0 heterocycles. The van der Waals surface area contributed by atoms with E-state index in [1.165, 1.54) is 12.8 Å². The van der Waals surface area contributed by atoms with Gasteiger partial charge in [0.2, 0.25) is 0 Å². The molecule has 1 aliphatic carbocycles. The molecule has 86 valence electrons. The lowest BCUT2D eigenvalue weighted by atomic mass is 9.70. The molecule has 0 N–H and O–H groups in total. The molecule has 0 spiro atoms. The monoisotopic (exact) mass is 225 g/mol. The maximum Gasteiger partial charge on any atom is 0.0667 e. The van der Waals surface area contributed by atoms with E-state index in [0.717, 1.165) is 18.1 Å². The Labute approximate surface area is 98.6 Å². The molecular weight excluding hydrogens is 202 g/mol. The molecule has 0 aromatic carbocycles. The van der Waals surface area contributed by atoms with Crippen LogP contribution < -0.4 is 0 Å². The number of thioether (sulfide) groups is 1. The molecule has 2 heteroatoms. The summed E-state index contributed by atoms with van der Waals surface area (Å²) in [7, 11) is 0. The Morgan fingerprint density at radius 3 is 2.47 bits per heavy atom. The van der Waals surface area contributed by atoms with Crippen LogP contribution in [0.25, 0.3) is 0 Å². The largest absolute Gasteiger partial charge is 0.198 e. The fourth-order valence-corrected chi connectivity index (χ4v) is 3.69. The van der Waals surface area contributed by atoms with Crippen LogP contribution in [0.15, 0.2) is 0 Å². The van der Waals surface area contributed by atoms with E-state index in [1.54, 1.807) is 0 Å². The topological polar surface area (TPSA) is 23.8 Å². The molecule has 0 aliphatic heterocycles. The first kappa shape index (κ1) is 12.9. The van der Waals surface area contributed by atoms with Gasteiger partial charge in [-0.25, -0.2) is 0 Å². The second-order valence-corrected chi connectivity index (χ2v) is 7.12. The van der Waals surface area contributed by atoms with Crippen molar-refractivity contribution in [2.45, 2.75) is 52.2 Å². The highest BCUT2D eigenvalue weighted by atomic mass is 32.2. The van der Waals surface area contributed by atoms with Gasteiger partial charge in [0.25, 0.3) is 0 Å². The zero-order chi connectivity index (χ0) is 11.5. The van der Waals surface area contributed by atoms with Crippen LogP contribution in [0.2, 0.25) is 0 Å². The van der Waals surface area contributed by atoms with Crippen molar-refractivity contribution < 1.29 is 0 Å². The molecule has 0 radical (unpaired) electrons. The summed E-state index contributed by atoms with van der Waals surface area (Å²) < 4.78 is 0. The lowest BCUT2D eigenvalue weighted by Gasteiger charge is -2.39. The summed E-state index contributed by atoms with van der Waals surface area (Å²) in [5.74, 6) is 2.24. The van der Waals surface area contributed by atoms with Crippen molar-refractivity contribution in [3.8, 4) is 6.07 Å². The van der Waals surface area contributed by atoms with E-state index in [9.17, 15) is 0 Å². The Morgan fingerprint density at radius 2 is 2.00 bits per heavy atom. The predicted octanol–water partition coefficient (Wildman–Crippen LogP) is 4.09. The highest BCUT2D eigenvalue weighted by Crippen LogP contribution is 2.43. The van der Waals surface area contributed by atoms with E-state index in [0.29, 0.717) is 16.6 Å². The van der Waals surface area contributed by atoms with E-state index >= 15 is 0 Å². The zero-order valence-corrected chi connectivity index (χ0v) is 11.2. The minimum absolute atomic E-state index is 0.300. The SMILES string of the molecule is CCSC1CC(C(C)(C)C)CCC1C#N. The molecular formula is C13H23NS. The summed E-state index contributed by atoms with van der Waals surface area (Å²) in [4.78, 5) is 0. The smallest absolute Gasteiger partial charge is 0.0667 e. The molecule has 3 atom stereocenters. The number of hydrogen-bond donors (Lipinski definition) is 0. The highest BCUT2D eigenvalue weighted by Gasteiger charge is 2.35. The van der Waals surface area contributed by atoms with E-state index in [2.05, 4.69) is 33.8 Å². The average molecular weight is 225 g/mol. The van der Waals surface area contributed by atoms with Gasteiger partial charge in [-0.15, -0.1) is 0 Å². The van der Waals surface area contributed by atoms with Crippen molar-refractivity contribution >= 4 is 11.8 Å². The Hall–Kier alpha value is -0.160. The average Bonchev–Trinajstić information content (AvgIpc) is 2.17. The van der Waals surface area contributed by atoms with E-state index in [-0.39, 0.29) is 0 Å². The summed E-state index contributed by atoms with van der Waals surface area (Å²) >= 11 is 1.98. The van der Waals surface area contributed by atoms with Crippen LogP contribution in [0.3, 0.4) is 0 Å².